The number of carbonyl (C=O) groups excluding carboxylic acids is 1. The van der Waals surface area contributed by atoms with Gasteiger partial charge in [0.25, 0.3) is 5.91 Å². The van der Waals surface area contributed by atoms with Crippen LogP contribution in [-0.2, 0) is 11.2 Å². The number of benzene rings is 2. The van der Waals surface area contributed by atoms with Gasteiger partial charge in [-0.3, -0.25) is 4.79 Å². The molecule has 24 heavy (non-hydrogen) atoms. The van der Waals surface area contributed by atoms with Crippen LogP contribution in [0.4, 0.5) is 5.69 Å². The van der Waals surface area contributed by atoms with E-state index in [0.717, 1.165) is 23.0 Å². The molecular formula is C19H17N3O2. The number of amides is 1. The lowest BCUT2D eigenvalue weighted by Gasteiger charge is -2.22. The standard InChI is InChI=1S/C19H17N3O2/c1-13-10-14-6-2-5-9-17(14)22(13)18(23)11-24-19-15-7-3-4-8-16(15)20-12-21-19/h2-9,12-13H,10-11H2,1H3/t13-/m1/s1. The summed E-state index contributed by atoms with van der Waals surface area (Å²) in [4.78, 5) is 22.9. The molecule has 5 heteroatoms. The normalized spacial score (nSPS) is 16.2. The predicted molar refractivity (Wildman–Crippen MR) is 92.1 cm³/mol. The molecule has 0 saturated carbocycles. The maximum absolute atomic E-state index is 12.7. The molecule has 3 aromatic rings. The highest BCUT2D eigenvalue weighted by Gasteiger charge is 2.30. The van der Waals surface area contributed by atoms with Crippen molar-refractivity contribution in [2.24, 2.45) is 0 Å². The largest absolute Gasteiger partial charge is 0.467 e. The Morgan fingerprint density at radius 3 is 2.88 bits per heavy atom. The Balaban J connectivity index is 1.55. The maximum Gasteiger partial charge on any atom is 0.265 e. The van der Waals surface area contributed by atoms with Gasteiger partial charge in [0.05, 0.1) is 10.9 Å². The van der Waals surface area contributed by atoms with Crippen LogP contribution in [0.3, 0.4) is 0 Å². The van der Waals surface area contributed by atoms with Crippen molar-refractivity contribution in [3.63, 3.8) is 0 Å². The van der Waals surface area contributed by atoms with Gasteiger partial charge < -0.3 is 9.64 Å². The number of aromatic nitrogens is 2. The Morgan fingerprint density at radius 1 is 1.17 bits per heavy atom. The molecule has 0 radical (unpaired) electrons. The van der Waals surface area contributed by atoms with Crippen LogP contribution in [0.2, 0.25) is 0 Å². The molecule has 5 nitrogen and oxygen atoms in total. The summed E-state index contributed by atoms with van der Waals surface area (Å²) in [6.45, 7) is 2.01. The number of ether oxygens (including phenoxy) is 1. The lowest BCUT2D eigenvalue weighted by Crippen LogP contribution is -2.39. The molecular weight excluding hydrogens is 302 g/mol. The van der Waals surface area contributed by atoms with Crippen LogP contribution >= 0.6 is 0 Å². The fourth-order valence-corrected chi connectivity index (χ4v) is 3.24. The van der Waals surface area contributed by atoms with E-state index in [1.807, 2.05) is 47.4 Å². The number of anilines is 1. The second-order valence-corrected chi connectivity index (χ2v) is 5.93. The summed E-state index contributed by atoms with van der Waals surface area (Å²) < 4.78 is 5.71. The second kappa shape index (κ2) is 5.92. The van der Waals surface area contributed by atoms with Crippen molar-refractivity contribution in [3.05, 3.63) is 60.4 Å². The minimum atomic E-state index is -0.0601. The van der Waals surface area contributed by atoms with Crippen LogP contribution < -0.4 is 9.64 Å². The number of rotatable bonds is 3. The summed E-state index contributed by atoms with van der Waals surface area (Å²) in [5.74, 6) is 0.379. The van der Waals surface area contributed by atoms with E-state index < -0.39 is 0 Å². The van der Waals surface area contributed by atoms with Crippen molar-refractivity contribution in [2.75, 3.05) is 11.5 Å². The molecule has 2 aromatic carbocycles. The number of hydrogen-bond donors (Lipinski definition) is 0. The van der Waals surface area contributed by atoms with E-state index in [1.54, 1.807) is 0 Å². The fraction of sp³-hybridized carbons (Fsp3) is 0.211. The zero-order chi connectivity index (χ0) is 16.5. The van der Waals surface area contributed by atoms with Crippen molar-refractivity contribution < 1.29 is 9.53 Å². The first kappa shape index (κ1) is 14.6. The Bertz CT molecular complexity index is 905. The SMILES string of the molecule is C[C@@H]1Cc2ccccc2N1C(=O)COc1ncnc2ccccc12. The van der Waals surface area contributed by atoms with Crippen molar-refractivity contribution in [1.82, 2.24) is 9.97 Å². The molecule has 1 aliphatic rings. The lowest BCUT2D eigenvalue weighted by molar-refractivity contribution is -0.120. The van der Waals surface area contributed by atoms with Crippen molar-refractivity contribution in [3.8, 4) is 5.88 Å². The number of hydrogen-bond acceptors (Lipinski definition) is 4. The average Bonchev–Trinajstić information content (AvgIpc) is 2.95. The molecule has 1 atom stereocenters. The van der Waals surface area contributed by atoms with Crippen LogP contribution in [0.5, 0.6) is 5.88 Å². The molecule has 0 unspecified atom stereocenters. The molecule has 0 bridgehead atoms. The highest BCUT2D eigenvalue weighted by atomic mass is 16.5. The molecule has 0 N–H and O–H groups in total. The van der Waals surface area contributed by atoms with Gasteiger partial charge in [-0.25, -0.2) is 9.97 Å². The van der Waals surface area contributed by atoms with E-state index in [1.165, 1.54) is 11.9 Å². The van der Waals surface area contributed by atoms with Crippen LogP contribution in [0.25, 0.3) is 10.9 Å². The summed E-state index contributed by atoms with van der Waals surface area (Å²) in [6.07, 6.45) is 2.33. The molecule has 4 rings (SSSR count). The van der Waals surface area contributed by atoms with E-state index in [0.29, 0.717) is 5.88 Å². The number of fused-ring (bicyclic) bond motifs is 2. The number of nitrogens with zero attached hydrogens (tertiary/aromatic N) is 3. The molecule has 120 valence electrons. The number of carbonyl (C=O) groups is 1. The van der Waals surface area contributed by atoms with Gasteiger partial charge in [-0.1, -0.05) is 30.3 Å². The summed E-state index contributed by atoms with van der Waals surface area (Å²) in [6, 6.07) is 15.7. The van der Waals surface area contributed by atoms with Gasteiger partial charge in [-0.15, -0.1) is 0 Å². The van der Waals surface area contributed by atoms with Gasteiger partial charge in [-0.05, 0) is 37.1 Å². The summed E-state index contributed by atoms with van der Waals surface area (Å²) in [7, 11) is 0. The van der Waals surface area contributed by atoms with E-state index >= 15 is 0 Å². The zero-order valence-corrected chi connectivity index (χ0v) is 13.3. The molecule has 0 aliphatic carbocycles. The van der Waals surface area contributed by atoms with Crippen molar-refractivity contribution in [1.29, 1.82) is 0 Å². The monoisotopic (exact) mass is 319 g/mol. The highest BCUT2D eigenvalue weighted by molar-refractivity contribution is 5.97. The molecule has 0 saturated heterocycles. The first-order valence-electron chi connectivity index (χ1n) is 7.96. The van der Waals surface area contributed by atoms with Crippen LogP contribution in [0.15, 0.2) is 54.9 Å². The molecule has 0 spiro atoms. The Labute approximate surface area is 139 Å². The molecule has 0 fully saturated rings. The summed E-state index contributed by atoms with van der Waals surface area (Å²) in [5.41, 5.74) is 2.98. The van der Waals surface area contributed by atoms with Gasteiger partial charge in [0.15, 0.2) is 6.61 Å². The van der Waals surface area contributed by atoms with Gasteiger partial charge in [0.2, 0.25) is 5.88 Å². The Hall–Kier alpha value is -2.95. The third kappa shape index (κ3) is 2.48. The van der Waals surface area contributed by atoms with E-state index in [2.05, 4.69) is 23.0 Å². The van der Waals surface area contributed by atoms with Crippen LogP contribution in [0.1, 0.15) is 12.5 Å². The quantitative estimate of drug-likeness (QED) is 0.745. The molecule has 1 amide bonds. The zero-order valence-electron chi connectivity index (χ0n) is 13.3. The molecule has 1 aliphatic heterocycles. The van der Waals surface area contributed by atoms with Crippen molar-refractivity contribution in [2.45, 2.75) is 19.4 Å². The van der Waals surface area contributed by atoms with Gasteiger partial charge in [-0.2, -0.15) is 0 Å². The van der Waals surface area contributed by atoms with Crippen molar-refractivity contribution >= 4 is 22.5 Å². The summed E-state index contributed by atoms with van der Waals surface area (Å²) >= 11 is 0. The minimum Gasteiger partial charge on any atom is -0.467 e. The fourth-order valence-electron chi connectivity index (χ4n) is 3.24. The predicted octanol–water partition coefficient (Wildman–Crippen LogP) is 2.99. The number of para-hydroxylation sites is 2. The smallest absolute Gasteiger partial charge is 0.265 e. The summed E-state index contributed by atoms with van der Waals surface area (Å²) in [5, 5.41) is 0.808. The van der Waals surface area contributed by atoms with E-state index in [-0.39, 0.29) is 18.6 Å². The average molecular weight is 319 g/mol. The first-order valence-corrected chi connectivity index (χ1v) is 7.96. The van der Waals surface area contributed by atoms with Gasteiger partial charge in [0.1, 0.15) is 6.33 Å². The molecule has 2 heterocycles. The topological polar surface area (TPSA) is 55.3 Å². The highest BCUT2D eigenvalue weighted by Crippen LogP contribution is 2.32. The third-order valence-electron chi connectivity index (χ3n) is 4.31. The van der Waals surface area contributed by atoms with Crippen LogP contribution in [-0.4, -0.2) is 28.5 Å². The maximum atomic E-state index is 12.7. The van der Waals surface area contributed by atoms with E-state index in [9.17, 15) is 4.79 Å². The third-order valence-corrected chi connectivity index (χ3v) is 4.31. The van der Waals surface area contributed by atoms with E-state index in [4.69, 9.17) is 4.74 Å². The first-order chi connectivity index (χ1) is 11.7. The van der Waals surface area contributed by atoms with Gasteiger partial charge in [0, 0.05) is 11.7 Å². The Morgan fingerprint density at radius 2 is 1.96 bits per heavy atom. The van der Waals surface area contributed by atoms with Gasteiger partial charge >= 0.3 is 0 Å². The minimum absolute atomic E-state index is 0.0420. The molecule has 1 aromatic heterocycles. The van der Waals surface area contributed by atoms with Crippen LogP contribution in [0, 0.1) is 0 Å². The lowest BCUT2D eigenvalue weighted by atomic mass is 10.1. The second-order valence-electron chi connectivity index (χ2n) is 5.93. The Kier molecular flexibility index (Phi) is 3.61.